The van der Waals surface area contributed by atoms with Crippen LogP contribution < -0.4 is 0 Å². The first-order valence-electron chi connectivity index (χ1n) is 7.20. The molecule has 1 rings (SSSR count). The van der Waals surface area contributed by atoms with Gasteiger partial charge in [-0.05, 0) is 38.7 Å². The van der Waals surface area contributed by atoms with Crippen LogP contribution in [0.3, 0.4) is 0 Å². The van der Waals surface area contributed by atoms with Gasteiger partial charge >= 0.3 is 0 Å². The summed E-state index contributed by atoms with van der Waals surface area (Å²) in [5, 5.41) is 4.39. The van der Waals surface area contributed by atoms with Gasteiger partial charge in [-0.3, -0.25) is 4.79 Å². The molecule has 0 spiro atoms. The smallest absolute Gasteiger partial charge is 0.247 e. The number of rotatable bonds is 7. The molecule has 102 valence electrons. The van der Waals surface area contributed by atoms with Crippen LogP contribution in [0.15, 0.2) is 0 Å². The van der Waals surface area contributed by atoms with E-state index in [0.29, 0.717) is 6.42 Å². The van der Waals surface area contributed by atoms with E-state index in [1.165, 1.54) is 31.2 Å². The third kappa shape index (κ3) is 3.69. The van der Waals surface area contributed by atoms with Gasteiger partial charge in [0, 0.05) is 12.1 Å². The fourth-order valence-electron chi connectivity index (χ4n) is 2.33. The molecule has 0 atom stereocenters. The van der Waals surface area contributed by atoms with Crippen molar-refractivity contribution in [1.29, 1.82) is 0 Å². The average Bonchev–Trinajstić information content (AvgIpc) is 2.62. The van der Waals surface area contributed by atoms with Crippen molar-refractivity contribution in [1.82, 2.24) is 9.78 Å². The number of carbonyl (C=O) groups excluding carboxylic acids is 1. The average molecular weight is 250 g/mol. The maximum atomic E-state index is 11.9. The molecule has 0 unspecified atom stereocenters. The Morgan fingerprint density at radius 2 is 1.83 bits per heavy atom. The molecule has 0 aliphatic carbocycles. The highest BCUT2D eigenvalue weighted by Crippen LogP contribution is 2.17. The zero-order chi connectivity index (χ0) is 13.5. The molecule has 0 aliphatic heterocycles. The van der Waals surface area contributed by atoms with Crippen LogP contribution in [-0.2, 0) is 6.42 Å². The van der Waals surface area contributed by atoms with Crippen molar-refractivity contribution >= 4 is 5.91 Å². The maximum absolute atomic E-state index is 11.9. The largest absolute Gasteiger partial charge is 0.273 e. The minimum absolute atomic E-state index is 0.123. The van der Waals surface area contributed by atoms with Gasteiger partial charge < -0.3 is 0 Å². The standard InChI is InChI=1S/C15H26N2O/c1-5-7-8-9-11-14-12(3)16-17(13(14)4)15(18)10-6-2/h5-11H2,1-4H3. The van der Waals surface area contributed by atoms with Gasteiger partial charge in [-0.2, -0.15) is 5.10 Å². The van der Waals surface area contributed by atoms with Gasteiger partial charge in [0.2, 0.25) is 5.91 Å². The van der Waals surface area contributed by atoms with E-state index >= 15 is 0 Å². The molecule has 3 heteroatoms. The molecule has 0 radical (unpaired) electrons. The van der Waals surface area contributed by atoms with Gasteiger partial charge in [0.1, 0.15) is 0 Å². The molecule has 0 saturated heterocycles. The normalized spacial score (nSPS) is 10.9. The first-order valence-corrected chi connectivity index (χ1v) is 7.20. The number of unbranched alkanes of at least 4 members (excludes halogenated alkanes) is 3. The number of nitrogens with zero attached hydrogens (tertiary/aromatic N) is 2. The number of hydrogen-bond acceptors (Lipinski definition) is 2. The highest BCUT2D eigenvalue weighted by molar-refractivity contribution is 5.79. The fourth-order valence-corrected chi connectivity index (χ4v) is 2.33. The van der Waals surface area contributed by atoms with Crippen LogP contribution in [0, 0.1) is 13.8 Å². The lowest BCUT2D eigenvalue weighted by atomic mass is 10.0. The highest BCUT2D eigenvalue weighted by atomic mass is 16.2. The van der Waals surface area contributed by atoms with Crippen molar-refractivity contribution in [2.75, 3.05) is 0 Å². The van der Waals surface area contributed by atoms with E-state index in [9.17, 15) is 4.79 Å². The Labute approximate surface area is 111 Å². The van der Waals surface area contributed by atoms with Crippen LogP contribution >= 0.6 is 0 Å². The van der Waals surface area contributed by atoms with Crippen molar-refractivity contribution in [3.05, 3.63) is 17.0 Å². The van der Waals surface area contributed by atoms with Gasteiger partial charge in [0.25, 0.3) is 0 Å². The van der Waals surface area contributed by atoms with E-state index in [4.69, 9.17) is 0 Å². The zero-order valence-corrected chi connectivity index (χ0v) is 12.3. The van der Waals surface area contributed by atoms with Gasteiger partial charge in [-0.1, -0.05) is 33.1 Å². The highest BCUT2D eigenvalue weighted by Gasteiger charge is 2.15. The Bertz CT molecular complexity index is 393. The summed E-state index contributed by atoms with van der Waals surface area (Å²) in [6.45, 7) is 8.27. The lowest BCUT2D eigenvalue weighted by Gasteiger charge is -2.03. The van der Waals surface area contributed by atoms with Gasteiger partial charge in [-0.15, -0.1) is 0 Å². The van der Waals surface area contributed by atoms with E-state index in [0.717, 1.165) is 24.2 Å². The zero-order valence-electron chi connectivity index (χ0n) is 12.3. The van der Waals surface area contributed by atoms with Crippen LogP contribution in [0.1, 0.15) is 74.1 Å². The van der Waals surface area contributed by atoms with Crippen LogP contribution in [0.25, 0.3) is 0 Å². The summed E-state index contributed by atoms with van der Waals surface area (Å²) >= 11 is 0. The number of aromatic nitrogens is 2. The van der Waals surface area contributed by atoms with E-state index in [1.54, 1.807) is 4.68 Å². The molecule has 18 heavy (non-hydrogen) atoms. The third-order valence-corrected chi connectivity index (χ3v) is 3.42. The third-order valence-electron chi connectivity index (χ3n) is 3.42. The van der Waals surface area contributed by atoms with Crippen LogP contribution in [0.5, 0.6) is 0 Å². The molecule has 0 amide bonds. The second-order valence-corrected chi connectivity index (χ2v) is 5.02. The minimum Gasteiger partial charge on any atom is -0.273 e. The molecule has 0 aromatic carbocycles. The number of hydrogen-bond donors (Lipinski definition) is 0. The van der Waals surface area contributed by atoms with Crippen molar-refractivity contribution in [3.8, 4) is 0 Å². The van der Waals surface area contributed by atoms with Crippen LogP contribution in [0.2, 0.25) is 0 Å². The molecule has 1 aromatic heterocycles. The molecular weight excluding hydrogens is 224 g/mol. The molecule has 0 saturated carbocycles. The molecule has 0 bridgehead atoms. The SMILES string of the molecule is CCCCCCc1c(C)nn(C(=O)CCC)c1C. The van der Waals surface area contributed by atoms with Crippen molar-refractivity contribution in [2.24, 2.45) is 0 Å². The lowest BCUT2D eigenvalue weighted by Crippen LogP contribution is -2.13. The van der Waals surface area contributed by atoms with Crippen molar-refractivity contribution < 1.29 is 4.79 Å². The monoisotopic (exact) mass is 250 g/mol. The summed E-state index contributed by atoms with van der Waals surface area (Å²) in [7, 11) is 0. The molecule has 0 fully saturated rings. The molecule has 3 nitrogen and oxygen atoms in total. The summed E-state index contributed by atoms with van der Waals surface area (Å²) in [5.74, 6) is 0.123. The minimum atomic E-state index is 0.123. The second-order valence-electron chi connectivity index (χ2n) is 5.02. The Hall–Kier alpha value is -1.12. The summed E-state index contributed by atoms with van der Waals surface area (Å²) in [4.78, 5) is 11.9. The van der Waals surface area contributed by atoms with E-state index < -0.39 is 0 Å². The summed E-state index contributed by atoms with van der Waals surface area (Å²) in [6.07, 6.45) is 7.52. The van der Waals surface area contributed by atoms with Crippen LogP contribution in [0.4, 0.5) is 0 Å². The Balaban J connectivity index is 2.71. The second kappa shape index (κ2) is 7.34. The fraction of sp³-hybridized carbons (Fsp3) is 0.733. The first-order chi connectivity index (χ1) is 8.61. The predicted molar refractivity (Wildman–Crippen MR) is 75.1 cm³/mol. The molecule has 1 aromatic rings. The Morgan fingerprint density at radius 1 is 1.11 bits per heavy atom. The van der Waals surface area contributed by atoms with Crippen molar-refractivity contribution in [2.45, 2.75) is 72.6 Å². The topological polar surface area (TPSA) is 34.9 Å². The van der Waals surface area contributed by atoms with Gasteiger partial charge in [-0.25, -0.2) is 4.68 Å². The summed E-state index contributed by atoms with van der Waals surface area (Å²) in [5.41, 5.74) is 3.34. The van der Waals surface area contributed by atoms with Gasteiger partial charge in [0.05, 0.1) is 5.69 Å². The lowest BCUT2D eigenvalue weighted by molar-refractivity contribution is 0.0883. The van der Waals surface area contributed by atoms with E-state index in [2.05, 4.69) is 12.0 Å². The summed E-state index contributed by atoms with van der Waals surface area (Å²) < 4.78 is 1.61. The Kier molecular flexibility index (Phi) is 6.10. The molecular formula is C15H26N2O. The maximum Gasteiger partial charge on any atom is 0.247 e. The van der Waals surface area contributed by atoms with E-state index in [1.807, 2.05) is 20.8 Å². The van der Waals surface area contributed by atoms with Gasteiger partial charge in [0.15, 0.2) is 0 Å². The predicted octanol–water partition coefficient (Wildman–Crippen LogP) is 4.06. The molecule has 0 aliphatic rings. The summed E-state index contributed by atoms with van der Waals surface area (Å²) in [6, 6.07) is 0. The quantitative estimate of drug-likeness (QED) is 0.684. The number of carbonyl (C=O) groups is 1. The number of aryl methyl sites for hydroxylation is 1. The van der Waals surface area contributed by atoms with E-state index in [-0.39, 0.29) is 5.91 Å². The van der Waals surface area contributed by atoms with Crippen LogP contribution in [-0.4, -0.2) is 15.7 Å². The Morgan fingerprint density at radius 3 is 2.44 bits per heavy atom. The molecule has 0 N–H and O–H groups in total. The first kappa shape index (κ1) is 14.9. The molecule has 1 heterocycles. The van der Waals surface area contributed by atoms with Crippen molar-refractivity contribution in [3.63, 3.8) is 0 Å².